The van der Waals surface area contributed by atoms with E-state index in [1.807, 2.05) is 12.1 Å². The van der Waals surface area contributed by atoms with Gasteiger partial charge < -0.3 is 11.1 Å². The Hall–Kier alpha value is -2.36. The van der Waals surface area contributed by atoms with Crippen LogP contribution in [0.4, 0.5) is 10.1 Å². The maximum atomic E-state index is 13.2. The van der Waals surface area contributed by atoms with E-state index >= 15 is 0 Å². The van der Waals surface area contributed by atoms with Gasteiger partial charge in [-0.1, -0.05) is 37.1 Å². The van der Waals surface area contributed by atoms with Gasteiger partial charge in [-0.2, -0.15) is 0 Å². The summed E-state index contributed by atoms with van der Waals surface area (Å²) in [5.41, 5.74) is 8.28. The van der Waals surface area contributed by atoms with Crippen LogP contribution >= 0.6 is 0 Å². The molecule has 1 saturated carbocycles. The highest BCUT2D eigenvalue weighted by atomic mass is 19.1. The fourth-order valence-corrected chi connectivity index (χ4v) is 3.48. The largest absolute Gasteiger partial charge is 0.399 e. The normalized spacial score (nSPS) is 16.0. The van der Waals surface area contributed by atoms with Crippen molar-refractivity contribution in [3.63, 3.8) is 0 Å². The third-order valence-corrected chi connectivity index (χ3v) is 4.76. The average molecular weight is 326 g/mol. The summed E-state index contributed by atoms with van der Waals surface area (Å²) < 4.78 is 13.2. The zero-order valence-electron chi connectivity index (χ0n) is 13.7. The molecular weight excluding hydrogens is 303 g/mol. The molecule has 2 aromatic carbocycles. The van der Waals surface area contributed by atoms with Crippen LogP contribution in [0.5, 0.6) is 0 Å². The lowest BCUT2D eigenvalue weighted by atomic mass is 9.91. The topological polar surface area (TPSA) is 55.1 Å². The van der Waals surface area contributed by atoms with Crippen molar-refractivity contribution in [2.45, 2.75) is 38.1 Å². The number of nitrogens with one attached hydrogen (secondary N) is 1. The van der Waals surface area contributed by atoms with Crippen molar-refractivity contribution in [3.8, 4) is 0 Å². The third-order valence-electron chi connectivity index (χ3n) is 4.76. The summed E-state index contributed by atoms with van der Waals surface area (Å²) in [6.07, 6.45) is 4.91. The minimum atomic E-state index is -0.253. The van der Waals surface area contributed by atoms with Crippen LogP contribution in [0.15, 0.2) is 48.5 Å². The van der Waals surface area contributed by atoms with Gasteiger partial charge in [-0.25, -0.2) is 4.39 Å². The van der Waals surface area contributed by atoms with Gasteiger partial charge in [0.15, 0.2) is 0 Å². The molecule has 3 rings (SSSR count). The molecule has 1 amide bonds. The summed E-state index contributed by atoms with van der Waals surface area (Å²) in [5.74, 6) is 0.156. The molecule has 3 nitrogen and oxygen atoms in total. The molecule has 126 valence electrons. The van der Waals surface area contributed by atoms with Crippen molar-refractivity contribution in [1.82, 2.24) is 5.32 Å². The summed E-state index contributed by atoms with van der Waals surface area (Å²) in [4.78, 5) is 12.5. The zero-order valence-corrected chi connectivity index (χ0v) is 13.7. The number of benzene rings is 2. The molecule has 4 heteroatoms. The minimum Gasteiger partial charge on any atom is -0.399 e. The number of rotatable bonds is 5. The molecule has 1 unspecified atom stereocenters. The van der Waals surface area contributed by atoms with Crippen LogP contribution in [-0.4, -0.2) is 5.91 Å². The van der Waals surface area contributed by atoms with E-state index in [4.69, 9.17) is 5.73 Å². The monoisotopic (exact) mass is 326 g/mol. The van der Waals surface area contributed by atoms with E-state index in [1.165, 1.54) is 25.0 Å². The molecule has 3 N–H and O–H groups in total. The standard InChI is InChI=1S/C20H23FN2O/c21-17-9-7-16(8-10-17)20(15-3-1-2-4-15)23-19(24)13-14-5-11-18(22)12-6-14/h5-12,15,20H,1-4,13,22H2,(H,23,24). The Bertz CT molecular complexity index is 676. The molecule has 0 radical (unpaired) electrons. The van der Waals surface area contributed by atoms with Crippen LogP contribution < -0.4 is 11.1 Å². The van der Waals surface area contributed by atoms with Crippen LogP contribution in [0, 0.1) is 11.7 Å². The fraction of sp³-hybridized carbons (Fsp3) is 0.350. The predicted octanol–water partition coefficient (Wildman–Crippen LogP) is 4.00. The number of anilines is 1. The van der Waals surface area contributed by atoms with Crippen molar-refractivity contribution in [2.24, 2.45) is 5.92 Å². The molecule has 2 aromatic rings. The Balaban J connectivity index is 1.72. The first kappa shape index (κ1) is 16.5. The van der Waals surface area contributed by atoms with Gasteiger partial charge in [-0.05, 0) is 54.2 Å². The third kappa shape index (κ3) is 4.13. The highest BCUT2D eigenvalue weighted by Crippen LogP contribution is 2.35. The Morgan fingerprint density at radius 1 is 1.08 bits per heavy atom. The van der Waals surface area contributed by atoms with Crippen molar-refractivity contribution < 1.29 is 9.18 Å². The number of carbonyl (C=O) groups excluding carboxylic acids is 1. The van der Waals surface area contributed by atoms with Crippen molar-refractivity contribution in [1.29, 1.82) is 0 Å². The number of halogens is 1. The molecule has 0 saturated heterocycles. The quantitative estimate of drug-likeness (QED) is 0.816. The van der Waals surface area contributed by atoms with Gasteiger partial charge >= 0.3 is 0 Å². The Morgan fingerprint density at radius 3 is 2.33 bits per heavy atom. The maximum absolute atomic E-state index is 13.2. The molecule has 24 heavy (non-hydrogen) atoms. The van der Waals surface area contributed by atoms with E-state index in [0.717, 1.165) is 24.0 Å². The van der Waals surface area contributed by atoms with E-state index in [0.29, 0.717) is 18.0 Å². The van der Waals surface area contributed by atoms with E-state index < -0.39 is 0 Å². The summed E-state index contributed by atoms with van der Waals surface area (Å²) in [6, 6.07) is 13.8. The Morgan fingerprint density at radius 2 is 1.71 bits per heavy atom. The van der Waals surface area contributed by atoms with Crippen LogP contribution in [0.3, 0.4) is 0 Å². The minimum absolute atomic E-state index is 0.0130. The lowest BCUT2D eigenvalue weighted by molar-refractivity contribution is -0.121. The SMILES string of the molecule is Nc1ccc(CC(=O)NC(c2ccc(F)cc2)C2CCCC2)cc1. The molecule has 1 fully saturated rings. The average Bonchev–Trinajstić information content (AvgIpc) is 3.10. The first-order valence-corrected chi connectivity index (χ1v) is 8.51. The fourth-order valence-electron chi connectivity index (χ4n) is 3.48. The number of nitrogens with two attached hydrogens (primary N) is 1. The second-order valence-corrected chi connectivity index (χ2v) is 6.56. The van der Waals surface area contributed by atoms with Crippen molar-refractivity contribution >= 4 is 11.6 Å². The van der Waals surface area contributed by atoms with E-state index in [9.17, 15) is 9.18 Å². The summed E-state index contributed by atoms with van der Waals surface area (Å²) in [7, 11) is 0. The van der Waals surface area contributed by atoms with E-state index in [1.54, 1.807) is 24.3 Å². The van der Waals surface area contributed by atoms with Crippen molar-refractivity contribution in [2.75, 3.05) is 5.73 Å². The van der Waals surface area contributed by atoms with Crippen LogP contribution in [-0.2, 0) is 11.2 Å². The van der Waals surface area contributed by atoms with Gasteiger partial charge in [-0.15, -0.1) is 0 Å². The lowest BCUT2D eigenvalue weighted by Gasteiger charge is -2.25. The highest BCUT2D eigenvalue weighted by Gasteiger charge is 2.27. The van der Waals surface area contributed by atoms with Gasteiger partial charge in [0.1, 0.15) is 5.82 Å². The number of hydrogen-bond acceptors (Lipinski definition) is 2. The number of carbonyl (C=O) groups is 1. The molecule has 0 spiro atoms. The predicted molar refractivity (Wildman–Crippen MR) is 93.8 cm³/mol. The number of nitrogen functional groups attached to an aromatic ring is 1. The molecule has 1 aliphatic rings. The van der Waals surface area contributed by atoms with Gasteiger partial charge in [-0.3, -0.25) is 4.79 Å². The second-order valence-electron chi connectivity index (χ2n) is 6.56. The Labute approximate surface area is 142 Å². The van der Waals surface area contributed by atoms with E-state index in [2.05, 4.69) is 5.32 Å². The first-order valence-electron chi connectivity index (χ1n) is 8.51. The van der Waals surface area contributed by atoms with Crippen LogP contribution in [0.25, 0.3) is 0 Å². The molecule has 0 aromatic heterocycles. The molecular formula is C20H23FN2O. The molecule has 1 aliphatic carbocycles. The van der Waals surface area contributed by atoms with Crippen LogP contribution in [0.1, 0.15) is 42.9 Å². The maximum Gasteiger partial charge on any atom is 0.224 e. The van der Waals surface area contributed by atoms with Gasteiger partial charge in [0, 0.05) is 5.69 Å². The molecule has 1 atom stereocenters. The van der Waals surface area contributed by atoms with Crippen LogP contribution in [0.2, 0.25) is 0 Å². The summed E-state index contributed by atoms with van der Waals surface area (Å²) >= 11 is 0. The smallest absolute Gasteiger partial charge is 0.224 e. The van der Waals surface area contributed by atoms with E-state index in [-0.39, 0.29) is 17.8 Å². The molecule has 0 aliphatic heterocycles. The van der Waals surface area contributed by atoms with Gasteiger partial charge in [0.05, 0.1) is 12.5 Å². The van der Waals surface area contributed by atoms with Crippen molar-refractivity contribution in [3.05, 3.63) is 65.5 Å². The number of hydrogen-bond donors (Lipinski definition) is 2. The number of amides is 1. The summed E-state index contributed by atoms with van der Waals surface area (Å²) in [6.45, 7) is 0. The lowest BCUT2D eigenvalue weighted by Crippen LogP contribution is -2.33. The first-order chi connectivity index (χ1) is 11.6. The Kier molecular flexibility index (Phi) is 5.14. The molecule has 0 bridgehead atoms. The van der Waals surface area contributed by atoms with Gasteiger partial charge in [0.25, 0.3) is 0 Å². The second kappa shape index (κ2) is 7.47. The van der Waals surface area contributed by atoms with Gasteiger partial charge in [0.2, 0.25) is 5.91 Å². The summed E-state index contributed by atoms with van der Waals surface area (Å²) in [5, 5.41) is 3.17. The highest BCUT2D eigenvalue weighted by molar-refractivity contribution is 5.79. The molecule has 0 heterocycles. The zero-order chi connectivity index (χ0) is 16.9.